The fourth-order valence-corrected chi connectivity index (χ4v) is 9.05. The molecule has 0 aliphatic rings. The molecule has 0 N–H and O–H groups in total. The fraction of sp³-hybridized carbons (Fsp3) is 0. The first-order chi connectivity index (χ1) is 32.7. The van der Waals surface area contributed by atoms with Gasteiger partial charge in [0.05, 0.1) is 11.2 Å². The Morgan fingerprint density at radius 2 is 0.561 bits per heavy atom. The van der Waals surface area contributed by atoms with Crippen molar-refractivity contribution in [3.05, 3.63) is 243 Å². The van der Waals surface area contributed by atoms with E-state index in [0.717, 1.165) is 72.2 Å². The number of nitrogens with zero attached hydrogens (tertiary/aromatic N) is 4. The molecule has 12 aromatic rings. The Morgan fingerprint density at radius 1 is 0.197 bits per heavy atom. The first-order valence-corrected chi connectivity index (χ1v) is 22.3. The molecule has 0 bridgehead atoms. The molecule has 0 amide bonds. The number of hydrogen-bond acceptors (Lipinski definition) is 4. The molecule has 0 fully saturated rings. The van der Waals surface area contributed by atoms with Gasteiger partial charge in [0.25, 0.3) is 0 Å². The van der Waals surface area contributed by atoms with Crippen LogP contribution < -0.4 is 0 Å². The smallest absolute Gasteiger partial charge is 0.164 e. The molecule has 4 heteroatoms. The maximum atomic E-state index is 5.27. The van der Waals surface area contributed by atoms with Gasteiger partial charge in [-0.25, -0.2) is 19.9 Å². The zero-order valence-electron chi connectivity index (χ0n) is 35.9. The van der Waals surface area contributed by atoms with Gasteiger partial charge in [0.2, 0.25) is 0 Å². The van der Waals surface area contributed by atoms with Gasteiger partial charge >= 0.3 is 0 Å². The van der Waals surface area contributed by atoms with Crippen molar-refractivity contribution in [2.75, 3.05) is 0 Å². The summed E-state index contributed by atoms with van der Waals surface area (Å²) >= 11 is 0. The van der Waals surface area contributed by atoms with Crippen LogP contribution in [0.2, 0.25) is 0 Å². The quantitative estimate of drug-likeness (QED) is 0.113. The summed E-state index contributed by atoms with van der Waals surface area (Å²) in [5.41, 5.74) is 14.9. The molecule has 2 aromatic heterocycles. The summed E-state index contributed by atoms with van der Waals surface area (Å²) in [7, 11) is 0. The Hall–Kier alpha value is -8.86. The molecule has 0 saturated carbocycles. The summed E-state index contributed by atoms with van der Waals surface area (Å²) in [5.74, 6) is 1.86. The minimum Gasteiger partial charge on any atom is -0.247 e. The molecule has 12 rings (SSSR count). The fourth-order valence-electron chi connectivity index (χ4n) is 9.05. The Labute approximate surface area is 383 Å². The van der Waals surface area contributed by atoms with Crippen molar-refractivity contribution in [3.63, 3.8) is 0 Å². The van der Waals surface area contributed by atoms with Crippen molar-refractivity contribution in [2.24, 2.45) is 0 Å². The molecule has 0 atom stereocenters. The lowest BCUT2D eigenvalue weighted by Crippen LogP contribution is -2.00. The second-order valence-corrected chi connectivity index (χ2v) is 16.7. The minimum absolute atomic E-state index is 0.617. The van der Waals surface area contributed by atoms with Gasteiger partial charge < -0.3 is 0 Å². The van der Waals surface area contributed by atoms with E-state index in [1.165, 1.54) is 32.7 Å². The molecule has 4 nitrogen and oxygen atoms in total. The van der Waals surface area contributed by atoms with Crippen LogP contribution in [0.15, 0.2) is 243 Å². The Balaban J connectivity index is 0.882. The van der Waals surface area contributed by atoms with Gasteiger partial charge in [-0.3, -0.25) is 0 Å². The van der Waals surface area contributed by atoms with E-state index >= 15 is 0 Å². The zero-order valence-corrected chi connectivity index (χ0v) is 35.9. The molecule has 2 heterocycles. The van der Waals surface area contributed by atoms with Crippen LogP contribution in [0.3, 0.4) is 0 Å². The Morgan fingerprint density at radius 3 is 1.12 bits per heavy atom. The maximum Gasteiger partial charge on any atom is 0.164 e. The van der Waals surface area contributed by atoms with E-state index < -0.39 is 0 Å². The van der Waals surface area contributed by atoms with E-state index in [0.29, 0.717) is 17.5 Å². The van der Waals surface area contributed by atoms with Gasteiger partial charge in [0.1, 0.15) is 0 Å². The number of fused-ring (bicyclic) bond motifs is 4. The lowest BCUT2D eigenvalue weighted by atomic mass is 9.95. The largest absolute Gasteiger partial charge is 0.247 e. The van der Waals surface area contributed by atoms with Gasteiger partial charge in [-0.2, -0.15) is 0 Å². The second kappa shape index (κ2) is 16.7. The predicted molar refractivity (Wildman–Crippen MR) is 274 cm³/mol. The summed E-state index contributed by atoms with van der Waals surface area (Å²) in [4.78, 5) is 20.6. The van der Waals surface area contributed by atoms with Crippen LogP contribution in [-0.4, -0.2) is 19.9 Å². The molecule has 10 aromatic carbocycles. The Bertz CT molecular complexity index is 3610. The van der Waals surface area contributed by atoms with Crippen LogP contribution in [0, 0.1) is 0 Å². The summed E-state index contributed by atoms with van der Waals surface area (Å²) in [6.07, 6.45) is 0. The average Bonchev–Trinajstić information content (AvgIpc) is 3.41. The normalized spacial score (nSPS) is 11.3. The van der Waals surface area contributed by atoms with Crippen molar-refractivity contribution in [1.29, 1.82) is 0 Å². The highest BCUT2D eigenvalue weighted by Crippen LogP contribution is 2.37. The average molecular weight is 841 g/mol. The molecular weight excluding hydrogens is 801 g/mol. The van der Waals surface area contributed by atoms with E-state index in [9.17, 15) is 0 Å². The number of rotatable bonds is 8. The highest BCUT2D eigenvalue weighted by Gasteiger charge is 2.16. The van der Waals surface area contributed by atoms with Crippen LogP contribution in [0.5, 0.6) is 0 Å². The Kier molecular flexibility index (Phi) is 9.81. The molecule has 308 valence electrons. The third kappa shape index (κ3) is 7.47. The summed E-state index contributed by atoms with van der Waals surface area (Å²) in [6.45, 7) is 0. The summed E-state index contributed by atoms with van der Waals surface area (Å²) in [6, 6.07) is 85.4. The molecule has 66 heavy (non-hydrogen) atoms. The monoisotopic (exact) mass is 840 g/mol. The number of hydrogen-bond donors (Lipinski definition) is 0. The summed E-state index contributed by atoms with van der Waals surface area (Å²) in [5, 5.41) is 5.94. The van der Waals surface area contributed by atoms with E-state index in [4.69, 9.17) is 19.9 Å². The number of aromatic nitrogens is 4. The molecule has 0 aliphatic heterocycles. The highest BCUT2D eigenvalue weighted by atomic mass is 15.0. The van der Waals surface area contributed by atoms with E-state index in [2.05, 4.69) is 231 Å². The second-order valence-electron chi connectivity index (χ2n) is 16.7. The van der Waals surface area contributed by atoms with E-state index in [1.54, 1.807) is 0 Å². The lowest BCUT2D eigenvalue weighted by Gasteiger charge is -2.12. The van der Waals surface area contributed by atoms with Gasteiger partial charge in [0, 0.05) is 33.0 Å². The number of benzene rings is 10. The number of pyridine rings is 1. The van der Waals surface area contributed by atoms with Crippen molar-refractivity contribution in [1.82, 2.24) is 19.9 Å². The molecule has 0 spiro atoms. The van der Waals surface area contributed by atoms with Crippen molar-refractivity contribution < 1.29 is 0 Å². The van der Waals surface area contributed by atoms with E-state index in [1.807, 2.05) is 12.1 Å². The summed E-state index contributed by atoms with van der Waals surface area (Å²) < 4.78 is 0. The van der Waals surface area contributed by atoms with Crippen molar-refractivity contribution >= 4 is 32.4 Å². The topological polar surface area (TPSA) is 51.6 Å². The molecular formula is C62H40N4. The van der Waals surface area contributed by atoms with Crippen LogP contribution in [-0.2, 0) is 0 Å². The first-order valence-electron chi connectivity index (χ1n) is 22.3. The van der Waals surface area contributed by atoms with Gasteiger partial charge in [-0.1, -0.05) is 218 Å². The molecule has 0 saturated heterocycles. The SMILES string of the molecule is c1ccc(-c2ccc(-c3nc(-c4ccc(-c5ccccc5)cc4)nc(-c4cccc(-c5cccc(-c6ccc(-c7nc8cc9ccccc9cc8c8ccccc78)cc6)c5)c4)n3)cc2)cc1. The van der Waals surface area contributed by atoms with Crippen LogP contribution >= 0.6 is 0 Å². The van der Waals surface area contributed by atoms with Crippen molar-refractivity contribution in [3.8, 4) is 89.9 Å². The zero-order chi connectivity index (χ0) is 43.8. The van der Waals surface area contributed by atoms with Crippen LogP contribution in [0.25, 0.3) is 122 Å². The van der Waals surface area contributed by atoms with Crippen LogP contribution in [0.1, 0.15) is 0 Å². The van der Waals surface area contributed by atoms with Crippen molar-refractivity contribution in [2.45, 2.75) is 0 Å². The van der Waals surface area contributed by atoms with Gasteiger partial charge in [0.15, 0.2) is 17.5 Å². The minimum atomic E-state index is 0.617. The predicted octanol–water partition coefficient (Wildman–Crippen LogP) is 16.1. The maximum absolute atomic E-state index is 5.27. The third-order valence-corrected chi connectivity index (χ3v) is 12.5. The van der Waals surface area contributed by atoms with Gasteiger partial charge in [-0.15, -0.1) is 0 Å². The van der Waals surface area contributed by atoms with Gasteiger partial charge in [-0.05, 0) is 84.9 Å². The van der Waals surface area contributed by atoms with E-state index in [-0.39, 0.29) is 0 Å². The molecule has 0 radical (unpaired) electrons. The third-order valence-electron chi connectivity index (χ3n) is 12.5. The highest BCUT2D eigenvalue weighted by molar-refractivity contribution is 6.14. The van der Waals surface area contributed by atoms with Crippen LogP contribution in [0.4, 0.5) is 0 Å². The lowest BCUT2D eigenvalue weighted by molar-refractivity contribution is 1.07. The molecule has 0 unspecified atom stereocenters. The standard InChI is InChI=1S/C62H40N4/c1-3-13-41(14-4-1)43-27-33-47(34-28-43)60-64-61(48-35-29-44(30-36-48)42-15-5-2-6-16-42)66-62(65-60)54-22-12-21-51(38-54)50-20-11-19-49(37-50)45-25-31-46(32-26-45)59-56-24-10-9-23-55(56)57-39-52-17-7-8-18-53(52)40-58(57)63-59/h1-40H. The first kappa shape index (κ1) is 38.8. The molecule has 0 aliphatic carbocycles.